The van der Waals surface area contributed by atoms with E-state index in [1.165, 1.54) is 14.0 Å². The van der Waals surface area contributed by atoms with Crippen LogP contribution < -0.4 is 10.6 Å². The van der Waals surface area contributed by atoms with Crippen LogP contribution in [0, 0.1) is 0 Å². The summed E-state index contributed by atoms with van der Waals surface area (Å²) in [4.78, 5) is 47.9. The van der Waals surface area contributed by atoms with E-state index < -0.39 is 23.7 Å². The van der Waals surface area contributed by atoms with Gasteiger partial charge in [0.25, 0.3) is 5.91 Å². The number of hydrogen-bond acceptors (Lipinski definition) is 7. The molecule has 0 heterocycles. The van der Waals surface area contributed by atoms with Crippen molar-refractivity contribution in [3.05, 3.63) is 41.5 Å². The van der Waals surface area contributed by atoms with Gasteiger partial charge in [-0.05, 0) is 57.4 Å². The van der Waals surface area contributed by atoms with Gasteiger partial charge < -0.3 is 24.8 Å². The first-order chi connectivity index (χ1) is 15.0. The average molecular weight is 447 g/mol. The molecule has 0 bridgehead atoms. The highest BCUT2D eigenvalue weighted by atomic mass is 16.6. The van der Waals surface area contributed by atoms with Gasteiger partial charge in [-0.15, -0.1) is 0 Å². The van der Waals surface area contributed by atoms with Crippen LogP contribution >= 0.6 is 0 Å². The molecule has 1 aliphatic carbocycles. The summed E-state index contributed by atoms with van der Waals surface area (Å²) in [5, 5.41) is 5.34. The van der Waals surface area contributed by atoms with Crippen LogP contribution in [0.3, 0.4) is 0 Å². The number of amides is 2. The molecule has 0 saturated heterocycles. The molecule has 0 saturated carbocycles. The first-order valence-corrected chi connectivity index (χ1v) is 10.3. The van der Waals surface area contributed by atoms with E-state index in [0.717, 1.165) is 0 Å². The molecule has 2 atom stereocenters. The van der Waals surface area contributed by atoms with Crippen molar-refractivity contribution < 1.29 is 33.4 Å². The second-order valence-corrected chi connectivity index (χ2v) is 8.46. The first kappa shape index (κ1) is 24.9. The topological polar surface area (TPSA) is 120 Å². The Morgan fingerprint density at radius 2 is 1.91 bits per heavy atom. The summed E-state index contributed by atoms with van der Waals surface area (Å²) < 4.78 is 15.1. The van der Waals surface area contributed by atoms with E-state index in [1.807, 2.05) is 0 Å². The fourth-order valence-corrected chi connectivity index (χ4v) is 3.19. The maximum atomic E-state index is 12.5. The number of methoxy groups -OCH3 is 1. The van der Waals surface area contributed by atoms with Gasteiger partial charge in [0, 0.05) is 24.6 Å². The third-order valence-corrected chi connectivity index (χ3v) is 4.50. The molecule has 1 aromatic carbocycles. The van der Waals surface area contributed by atoms with Crippen molar-refractivity contribution in [1.29, 1.82) is 0 Å². The molecular weight excluding hydrogens is 416 g/mol. The Bertz CT molecular complexity index is 902. The zero-order valence-corrected chi connectivity index (χ0v) is 19.0. The van der Waals surface area contributed by atoms with Gasteiger partial charge in [-0.3, -0.25) is 9.59 Å². The summed E-state index contributed by atoms with van der Waals surface area (Å²) in [6.07, 6.45) is 1.76. The zero-order chi connectivity index (χ0) is 23.9. The molecule has 9 nitrogen and oxygen atoms in total. The van der Waals surface area contributed by atoms with E-state index in [9.17, 15) is 19.2 Å². The Labute approximate surface area is 187 Å². The third kappa shape index (κ3) is 8.05. The highest BCUT2D eigenvalue weighted by molar-refractivity contribution is 6.04. The largest absolute Gasteiger partial charge is 0.467 e. The monoisotopic (exact) mass is 446 g/mol. The molecule has 9 heteroatoms. The van der Waals surface area contributed by atoms with E-state index in [2.05, 4.69) is 10.6 Å². The van der Waals surface area contributed by atoms with Gasteiger partial charge in [-0.2, -0.15) is 0 Å². The molecule has 1 aliphatic rings. The zero-order valence-electron chi connectivity index (χ0n) is 19.0. The van der Waals surface area contributed by atoms with Crippen molar-refractivity contribution in [3.8, 4) is 0 Å². The maximum absolute atomic E-state index is 12.5. The molecule has 1 unspecified atom stereocenters. The number of anilines is 1. The number of rotatable bonds is 7. The molecule has 0 radical (unpaired) electrons. The van der Waals surface area contributed by atoms with Crippen LogP contribution in [0.15, 0.2) is 35.9 Å². The minimum Gasteiger partial charge on any atom is -0.467 e. The highest BCUT2D eigenvalue weighted by Gasteiger charge is 2.26. The number of ether oxygens (including phenoxy) is 3. The first-order valence-electron chi connectivity index (χ1n) is 10.3. The van der Waals surface area contributed by atoms with Crippen molar-refractivity contribution in [3.63, 3.8) is 0 Å². The van der Waals surface area contributed by atoms with Crippen molar-refractivity contribution in [2.45, 2.75) is 64.7 Å². The van der Waals surface area contributed by atoms with E-state index in [4.69, 9.17) is 14.2 Å². The molecule has 0 fully saturated rings. The summed E-state index contributed by atoms with van der Waals surface area (Å²) in [5.41, 5.74) is 1.07. The third-order valence-electron chi connectivity index (χ3n) is 4.50. The van der Waals surface area contributed by atoms with Gasteiger partial charge in [0.2, 0.25) is 0 Å². The second-order valence-electron chi connectivity index (χ2n) is 8.46. The molecule has 0 spiro atoms. The van der Waals surface area contributed by atoms with Crippen molar-refractivity contribution in [2.75, 3.05) is 12.4 Å². The summed E-state index contributed by atoms with van der Waals surface area (Å²) in [6.45, 7) is 6.50. The fraction of sp³-hybridized carbons (Fsp3) is 0.478. The van der Waals surface area contributed by atoms with Crippen molar-refractivity contribution in [1.82, 2.24) is 5.32 Å². The standard InChI is InChI=1S/C23H30N2O7/c1-14(26)31-18-10-9-16(13-18)20(27)24-17-8-6-7-15(11-17)12-19(21(28)30-5)25-22(29)32-23(2,3)4/h6-8,11,13,18-19H,9-10,12H2,1-5H3,(H,24,27)(H,25,29)/t18?,19-/m0/s1. The van der Waals surface area contributed by atoms with Gasteiger partial charge in [0.15, 0.2) is 0 Å². The summed E-state index contributed by atoms with van der Waals surface area (Å²) in [7, 11) is 1.24. The smallest absolute Gasteiger partial charge is 0.408 e. The van der Waals surface area contributed by atoms with Crippen molar-refractivity contribution >= 4 is 29.6 Å². The SMILES string of the molecule is COC(=O)[C@H](Cc1cccc(NC(=O)C2=CC(OC(C)=O)CC2)c1)NC(=O)OC(C)(C)C. The van der Waals surface area contributed by atoms with Gasteiger partial charge >= 0.3 is 18.0 Å². The lowest BCUT2D eigenvalue weighted by Crippen LogP contribution is -2.45. The Morgan fingerprint density at radius 3 is 2.53 bits per heavy atom. The molecular formula is C23H30N2O7. The van der Waals surface area contributed by atoms with E-state index in [-0.39, 0.29) is 24.4 Å². The van der Waals surface area contributed by atoms with E-state index >= 15 is 0 Å². The predicted octanol–water partition coefficient (Wildman–Crippen LogP) is 2.89. The average Bonchev–Trinajstić information content (AvgIpc) is 3.13. The Balaban J connectivity index is 2.05. The van der Waals surface area contributed by atoms with Gasteiger partial charge in [0.05, 0.1) is 7.11 Å². The number of alkyl carbamates (subject to hydrolysis) is 1. The summed E-state index contributed by atoms with van der Waals surface area (Å²) in [5.74, 6) is -1.29. The van der Waals surface area contributed by atoms with E-state index in [1.54, 1.807) is 51.1 Å². The van der Waals surface area contributed by atoms with Crippen LogP contribution in [0.2, 0.25) is 0 Å². The van der Waals surface area contributed by atoms with Gasteiger partial charge in [-0.1, -0.05) is 12.1 Å². The number of benzene rings is 1. The molecule has 2 N–H and O–H groups in total. The molecule has 0 aliphatic heterocycles. The van der Waals surface area contributed by atoms with Crippen LogP contribution in [-0.4, -0.2) is 48.8 Å². The fourth-order valence-electron chi connectivity index (χ4n) is 3.19. The van der Waals surface area contributed by atoms with Crippen LogP contribution in [0.1, 0.15) is 46.1 Å². The number of hydrogen-bond donors (Lipinski definition) is 2. The number of esters is 2. The van der Waals surface area contributed by atoms with Crippen LogP contribution in [0.5, 0.6) is 0 Å². The Hall–Kier alpha value is -3.36. The minimum atomic E-state index is -0.956. The Morgan fingerprint density at radius 1 is 1.19 bits per heavy atom. The second kappa shape index (κ2) is 10.8. The van der Waals surface area contributed by atoms with Gasteiger partial charge in [0.1, 0.15) is 17.7 Å². The normalized spacial score (nSPS) is 16.4. The van der Waals surface area contributed by atoms with Crippen LogP contribution in [0.25, 0.3) is 0 Å². The predicted molar refractivity (Wildman–Crippen MR) is 117 cm³/mol. The highest BCUT2D eigenvalue weighted by Crippen LogP contribution is 2.23. The quantitative estimate of drug-likeness (QED) is 0.488. The number of nitrogens with one attached hydrogen (secondary N) is 2. The lowest BCUT2D eigenvalue weighted by Gasteiger charge is -2.22. The molecule has 1 aromatic rings. The maximum Gasteiger partial charge on any atom is 0.408 e. The van der Waals surface area contributed by atoms with E-state index in [0.29, 0.717) is 29.7 Å². The molecule has 2 amide bonds. The summed E-state index contributed by atoms with van der Waals surface area (Å²) >= 11 is 0. The van der Waals surface area contributed by atoms with Gasteiger partial charge in [-0.25, -0.2) is 9.59 Å². The lowest BCUT2D eigenvalue weighted by atomic mass is 10.1. The minimum absolute atomic E-state index is 0.146. The Kier molecular flexibility index (Phi) is 8.40. The lowest BCUT2D eigenvalue weighted by molar-refractivity contribution is -0.144. The number of carbonyl (C=O) groups is 4. The number of carbonyl (C=O) groups excluding carboxylic acids is 4. The van der Waals surface area contributed by atoms with Crippen LogP contribution in [-0.2, 0) is 35.0 Å². The van der Waals surface area contributed by atoms with Crippen molar-refractivity contribution in [2.24, 2.45) is 0 Å². The van der Waals surface area contributed by atoms with Crippen LogP contribution in [0.4, 0.5) is 10.5 Å². The molecule has 0 aromatic heterocycles. The molecule has 2 rings (SSSR count). The summed E-state index contributed by atoms with van der Waals surface area (Å²) in [6, 6.07) is 5.98. The molecule has 174 valence electrons. The molecule has 32 heavy (non-hydrogen) atoms.